The van der Waals surface area contributed by atoms with Gasteiger partial charge in [0.05, 0.1) is 38.2 Å². The summed E-state index contributed by atoms with van der Waals surface area (Å²) in [6.45, 7) is 4.52. The minimum atomic E-state index is -0.386. The number of benzene rings is 1. The van der Waals surface area contributed by atoms with E-state index in [9.17, 15) is 9.59 Å². The molecule has 8 heteroatoms. The molecule has 2 atom stereocenters. The number of amides is 3. The fourth-order valence-corrected chi connectivity index (χ4v) is 4.32. The Labute approximate surface area is 184 Å². The highest BCUT2D eigenvalue weighted by atomic mass is 16.5. The topological polar surface area (TPSA) is 89.1 Å². The van der Waals surface area contributed by atoms with Crippen LogP contribution in [0.4, 0.5) is 10.5 Å². The van der Waals surface area contributed by atoms with E-state index in [4.69, 9.17) is 14.2 Å². The Bertz CT molecular complexity index is 764. The molecule has 3 amide bonds. The second-order valence-electron chi connectivity index (χ2n) is 8.30. The number of hydrogen-bond donors (Lipinski definition) is 2. The van der Waals surface area contributed by atoms with E-state index in [1.54, 1.807) is 17.0 Å². The summed E-state index contributed by atoms with van der Waals surface area (Å²) in [5.74, 6) is 1.34. The van der Waals surface area contributed by atoms with E-state index in [-0.39, 0.29) is 18.0 Å². The Morgan fingerprint density at radius 2 is 1.71 bits per heavy atom. The molecule has 1 heterocycles. The third kappa shape index (κ3) is 6.03. The molecular formula is C23H35N3O5. The molecule has 1 aromatic carbocycles. The van der Waals surface area contributed by atoms with Gasteiger partial charge in [-0.25, -0.2) is 4.79 Å². The van der Waals surface area contributed by atoms with Crippen molar-refractivity contribution in [3.8, 4) is 11.5 Å². The number of hydrogen-bond acceptors (Lipinski definition) is 5. The summed E-state index contributed by atoms with van der Waals surface area (Å²) in [7, 11) is 3.04. The summed E-state index contributed by atoms with van der Waals surface area (Å²) in [6, 6.07) is 2.87. The predicted molar refractivity (Wildman–Crippen MR) is 119 cm³/mol. The molecule has 0 aromatic heterocycles. The highest BCUT2D eigenvalue weighted by Crippen LogP contribution is 2.34. The van der Waals surface area contributed by atoms with Crippen LogP contribution >= 0.6 is 0 Å². The van der Waals surface area contributed by atoms with Gasteiger partial charge in [-0.3, -0.25) is 4.79 Å². The zero-order chi connectivity index (χ0) is 22.2. The molecule has 0 unspecified atom stereocenters. The molecule has 0 spiro atoms. The van der Waals surface area contributed by atoms with E-state index in [2.05, 4.69) is 17.6 Å². The van der Waals surface area contributed by atoms with Crippen molar-refractivity contribution in [2.24, 2.45) is 5.92 Å². The van der Waals surface area contributed by atoms with E-state index >= 15 is 0 Å². The molecule has 1 saturated carbocycles. The van der Waals surface area contributed by atoms with Crippen molar-refractivity contribution in [2.75, 3.05) is 45.8 Å². The summed E-state index contributed by atoms with van der Waals surface area (Å²) in [4.78, 5) is 27.3. The van der Waals surface area contributed by atoms with Crippen LogP contribution in [-0.2, 0) is 4.74 Å². The van der Waals surface area contributed by atoms with Crippen molar-refractivity contribution >= 4 is 17.6 Å². The third-order valence-electron chi connectivity index (χ3n) is 6.15. The number of nitrogens with one attached hydrogen (secondary N) is 2. The van der Waals surface area contributed by atoms with Gasteiger partial charge in [-0.2, -0.15) is 0 Å². The van der Waals surface area contributed by atoms with Crippen LogP contribution in [0.2, 0.25) is 0 Å². The summed E-state index contributed by atoms with van der Waals surface area (Å²) in [5, 5.41) is 5.61. The minimum Gasteiger partial charge on any atom is -0.493 e. The van der Waals surface area contributed by atoms with E-state index in [0.29, 0.717) is 41.8 Å². The van der Waals surface area contributed by atoms with Crippen molar-refractivity contribution in [3.05, 3.63) is 17.7 Å². The van der Waals surface area contributed by atoms with Gasteiger partial charge in [0.15, 0.2) is 11.5 Å². The van der Waals surface area contributed by atoms with Gasteiger partial charge >= 0.3 is 6.03 Å². The van der Waals surface area contributed by atoms with Crippen LogP contribution in [-0.4, -0.2) is 63.4 Å². The van der Waals surface area contributed by atoms with Gasteiger partial charge in [-0.05, 0) is 37.7 Å². The fraction of sp³-hybridized carbons (Fsp3) is 0.652. The van der Waals surface area contributed by atoms with Gasteiger partial charge in [-0.15, -0.1) is 0 Å². The summed E-state index contributed by atoms with van der Waals surface area (Å²) in [6.07, 6.45) is 7.01. The number of carbonyl (C=O) groups is 2. The molecule has 0 radical (unpaired) electrons. The van der Waals surface area contributed by atoms with Crippen LogP contribution < -0.4 is 20.1 Å². The SMILES string of the molecule is COc1cc(NC(=O)NCCO[C@H]2CCCC[C@@H]2C)c(C(=O)N2CCCC2)cc1OC. The van der Waals surface area contributed by atoms with Crippen LogP contribution in [0.15, 0.2) is 12.1 Å². The number of urea groups is 1. The summed E-state index contributed by atoms with van der Waals surface area (Å²) < 4.78 is 16.7. The number of carbonyl (C=O) groups excluding carboxylic acids is 2. The lowest BCUT2D eigenvalue weighted by atomic mass is 9.88. The number of rotatable bonds is 8. The highest BCUT2D eigenvalue weighted by Gasteiger charge is 2.25. The van der Waals surface area contributed by atoms with Gasteiger partial charge in [0.2, 0.25) is 0 Å². The van der Waals surface area contributed by atoms with Crippen LogP contribution in [0.1, 0.15) is 55.8 Å². The Hall–Kier alpha value is -2.48. The summed E-state index contributed by atoms with van der Waals surface area (Å²) in [5.41, 5.74) is 0.788. The Kier molecular flexibility index (Phi) is 8.40. The molecule has 8 nitrogen and oxygen atoms in total. The minimum absolute atomic E-state index is 0.122. The molecule has 1 aliphatic carbocycles. The van der Waals surface area contributed by atoms with Gasteiger partial charge in [0.25, 0.3) is 5.91 Å². The predicted octanol–water partition coefficient (Wildman–Crippen LogP) is 3.66. The first-order valence-electron chi connectivity index (χ1n) is 11.2. The Morgan fingerprint density at radius 3 is 2.39 bits per heavy atom. The van der Waals surface area contributed by atoms with Crippen LogP contribution in [0.25, 0.3) is 0 Å². The summed E-state index contributed by atoms with van der Waals surface area (Å²) >= 11 is 0. The second-order valence-corrected chi connectivity index (χ2v) is 8.30. The number of methoxy groups -OCH3 is 2. The Balaban J connectivity index is 1.61. The molecule has 2 aliphatic rings. The van der Waals surface area contributed by atoms with Crippen molar-refractivity contribution in [3.63, 3.8) is 0 Å². The van der Waals surface area contributed by atoms with Gasteiger partial charge in [0.1, 0.15) is 0 Å². The normalized spacial score (nSPS) is 20.9. The maximum absolute atomic E-state index is 13.0. The lowest BCUT2D eigenvalue weighted by Crippen LogP contribution is -2.35. The smallest absolute Gasteiger partial charge is 0.319 e. The van der Waals surface area contributed by atoms with Crippen molar-refractivity contribution in [1.82, 2.24) is 10.2 Å². The van der Waals surface area contributed by atoms with Crippen LogP contribution in [0, 0.1) is 5.92 Å². The van der Waals surface area contributed by atoms with Gasteiger partial charge < -0.3 is 29.7 Å². The Morgan fingerprint density at radius 1 is 1.03 bits per heavy atom. The maximum atomic E-state index is 13.0. The molecule has 31 heavy (non-hydrogen) atoms. The lowest BCUT2D eigenvalue weighted by molar-refractivity contribution is -0.00232. The second kappa shape index (κ2) is 11.2. The molecule has 172 valence electrons. The van der Waals surface area contributed by atoms with E-state index < -0.39 is 0 Å². The van der Waals surface area contributed by atoms with Crippen LogP contribution in [0.5, 0.6) is 11.5 Å². The number of ether oxygens (including phenoxy) is 3. The molecule has 1 aliphatic heterocycles. The number of nitrogens with zero attached hydrogens (tertiary/aromatic N) is 1. The molecule has 0 bridgehead atoms. The quantitative estimate of drug-likeness (QED) is 0.611. The fourth-order valence-electron chi connectivity index (χ4n) is 4.32. The molecule has 2 fully saturated rings. The number of likely N-dealkylation sites (tertiary alicyclic amines) is 1. The average Bonchev–Trinajstić information content (AvgIpc) is 3.32. The molecule has 1 saturated heterocycles. The highest BCUT2D eigenvalue weighted by molar-refractivity contribution is 6.04. The average molecular weight is 434 g/mol. The standard InChI is InChI=1S/C23H35N3O5/c1-16-8-4-5-9-19(16)31-13-10-24-23(28)25-18-15-21(30-3)20(29-2)14-17(18)22(27)26-11-6-7-12-26/h14-16,19H,4-13H2,1-3H3,(H2,24,25,28)/t16-,19-/m0/s1. The van der Waals surface area contributed by atoms with Crippen molar-refractivity contribution in [1.29, 1.82) is 0 Å². The zero-order valence-electron chi connectivity index (χ0n) is 18.9. The van der Waals surface area contributed by atoms with Gasteiger partial charge in [-0.1, -0.05) is 19.8 Å². The first-order chi connectivity index (χ1) is 15.0. The first-order valence-corrected chi connectivity index (χ1v) is 11.2. The van der Waals surface area contributed by atoms with E-state index in [1.807, 2.05) is 0 Å². The molecule has 3 rings (SSSR count). The largest absolute Gasteiger partial charge is 0.493 e. The zero-order valence-corrected chi connectivity index (χ0v) is 18.9. The molecular weight excluding hydrogens is 398 g/mol. The monoisotopic (exact) mass is 433 g/mol. The van der Waals surface area contributed by atoms with Crippen molar-refractivity contribution < 1.29 is 23.8 Å². The third-order valence-corrected chi connectivity index (χ3v) is 6.15. The number of anilines is 1. The van der Waals surface area contributed by atoms with Crippen LogP contribution in [0.3, 0.4) is 0 Å². The molecule has 2 N–H and O–H groups in total. The lowest BCUT2D eigenvalue weighted by Gasteiger charge is -2.28. The van der Waals surface area contributed by atoms with E-state index in [0.717, 1.165) is 32.4 Å². The maximum Gasteiger partial charge on any atom is 0.319 e. The van der Waals surface area contributed by atoms with Gasteiger partial charge in [0, 0.05) is 25.7 Å². The molecule has 1 aromatic rings. The first kappa shape index (κ1) is 23.2. The van der Waals surface area contributed by atoms with Crippen molar-refractivity contribution in [2.45, 2.75) is 51.6 Å². The van der Waals surface area contributed by atoms with E-state index in [1.165, 1.54) is 33.5 Å².